The maximum absolute atomic E-state index is 12.3. The molecule has 0 aliphatic carbocycles. The first-order valence-electron chi connectivity index (χ1n) is 8.65. The summed E-state index contributed by atoms with van der Waals surface area (Å²) in [5.41, 5.74) is 1.08. The molecule has 3 heterocycles. The van der Waals surface area contributed by atoms with Gasteiger partial charge in [0.15, 0.2) is 0 Å². The van der Waals surface area contributed by atoms with Crippen LogP contribution in [0, 0.1) is 0 Å². The first-order chi connectivity index (χ1) is 12.1. The Kier molecular flexibility index (Phi) is 5.55. The summed E-state index contributed by atoms with van der Waals surface area (Å²) < 4.78 is 0. The SMILES string of the molecule is C[C@H](NC(=O)CN1CCCCC1)c1cc(=O)[nH]c(-c2ccncc2)n1. The van der Waals surface area contributed by atoms with Crippen LogP contribution in [0.1, 0.15) is 37.9 Å². The number of piperidine rings is 1. The Morgan fingerprint density at radius 2 is 2.00 bits per heavy atom. The summed E-state index contributed by atoms with van der Waals surface area (Å²) in [6.07, 6.45) is 6.82. The molecule has 1 amide bonds. The number of hydrogen-bond acceptors (Lipinski definition) is 5. The molecule has 0 radical (unpaired) electrons. The number of amides is 1. The minimum Gasteiger partial charge on any atom is -0.347 e. The molecule has 2 aromatic rings. The molecule has 0 saturated carbocycles. The highest BCUT2D eigenvalue weighted by molar-refractivity contribution is 5.78. The molecule has 0 bridgehead atoms. The maximum atomic E-state index is 12.3. The number of nitrogens with zero attached hydrogens (tertiary/aromatic N) is 3. The quantitative estimate of drug-likeness (QED) is 0.860. The summed E-state index contributed by atoms with van der Waals surface area (Å²) in [6, 6.07) is 4.65. The Morgan fingerprint density at radius 1 is 1.28 bits per heavy atom. The van der Waals surface area contributed by atoms with Crippen molar-refractivity contribution in [2.45, 2.75) is 32.2 Å². The summed E-state index contributed by atoms with van der Waals surface area (Å²) in [5, 5.41) is 2.94. The van der Waals surface area contributed by atoms with Gasteiger partial charge in [0.05, 0.1) is 18.3 Å². The number of rotatable bonds is 5. The van der Waals surface area contributed by atoms with E-state index in [9.17, 15) is 9.59 Å². The van der Waals surface area contributed by atoms with E-state index < -0.39 is 0 Å². The number of carbonyl (C=O) groups is 1. The zero-order chi connectivity index (χ0) is 17.6. The van der Waals surface area contributed by atoms with Gasteiger partial charge in [0.2, 0.25) is 5.91 Å². The van der Waals surface area contributed by atoms with Crippen LogP contribution in [-0.4, -0.2) is 45.4 Å². The molecule has 2 N–H and O–H groups in total. The molecule has 1 aliphatic heterocycles. The Morgan fingerprint density at radius 3 is 2.72 bits per heavy atom. The third-order valence-electron chi connectivity index (χ3n) is 4.35. The summed E-state index contributed by atoms with van der Waals surface area (Å²) in [4.78, 5) is 37.6. The van der Waals surface area contributed by atoms with Crippen LogP contribution in [-0.2, 0) is 4.79 Å². The van der Waals surface area contributed by atoms with Gasteiger partial charge < -0.3 is 10.3 Å². The molecular formula is C18H23N5O2. The van der Waals surface area contributed by atoms with E-state index in [1.807, 2.05) is 6.92 Å². The molecule has 132 valence electrons. The number of H-pyrrole nitrogens is 1. The number of hydrogen-bond donors (Lipinski definition) is 2. The lowest BCUT2D eigenvalue weighted by atomic mass is 10.1. The Labute approximate surface area is 146 Å². The molecule has 0 unspecified atom stereocenters. The molecule has 3 rings (SSSR count). The highest BCUT2D eigenvalue weighted by Crippen LogP contribution is 2.15. The standard InChI is InChI=1S/C18H23N5O2/c1-13(20-17(25)12-23-9-3-2-4-10-23)15-11-16(24)22-18(21-15)14-5-7-19-8-6-14/h5-8,11,13H,2-4,9-10,12H2,1H3,(H,20,25)(H,21,22,24)/t13-/m0/s1. The van der Waals surface area contributed by atoms with Crippen molar-refractivity contribution in [2.24, 2.45) is 0 Å². The highest BCUT2D eigenvalue weighted by Gasteiger charge is 2.17. The average molecular weight is 341 g/mol. The Balaban J connectivity index is 1.69. The molecule has 0 aromatic carbocycles. The van der Waals surface area contributed by atoms with Crippen LogP contribution >= 0.6 is 0 Å². The van der Waals surface area contributed by atoms with Crippen molar-refractivity contribution < 1.29 is 4.79 Å². The lowest BCUT2D eigenvalue weighted by Gasteiger charge is -2.26. The van der Waals surface area contributed by atoms with Crippen LogP contribution in [0.5, 0.6) is 0 Å². The van der Waals surface area contributed by atoms with Crippen LogP contribution < -0.4 is 10.9 Å². The zero-order valence-electron chi connectivity index (χ0n) is 14.4. The molecule has 1 aliphatic rings. The maximum Gasteiger partial charge on any atom is 0.251 e. The van der Waals surface area contributed by atoms with Crippen molar-refractivity contribution in [1.29, 1.82) is 0 Å². The highest BCUT2D eigenvalue weighted by atomic mass is 16.2. The van der Waals surface area contributed by atoms with Crippen molar-refractivity contribution in [3.8, 4) is 11.4 Å². The van der Waals surface area contributed by atoms with Crippen LogP contribution in [0.3, 0.4) is 0 Å². The fraction of sp³-hybridized carbons (Fsp3) is 0.444. The van der Waals surface area contributed by atoms with E-state index in [4.69, 9.17) is 0 Å². The third kappa shape index (κ3) is 4.73. The molecule has 0 spiro atoms. The van der Waals surface area contributed by atoms with Gasteiger partial charge in [-0.3, -0.25) is 19.5 Å². The van der Waals surface area contributed by atoms with Gasteiger partial charge in [-0.1, -0.05) is 6.42 Å². The predicted octanol–water partition coefficient (Wildman–Crippen LogP) is 1.49. The van der Waals surface area contributed by atoms with E-state index in [1.54, 1.807) is 24.5 Å². The van der Waals surface area contributed by atoms with E-state index in [0.717, 1.165) is 31.5 Å². The third-order valence-corrected chi connectivity index (χ3v) is 4.35. The van der Waals surface area contributed by atoms with Crippen molar-refractivity contribution in [1.82, 2.24) is 25.2 Å². The zero-order valence-corrected chi connectivity index (χ0v) is 14.4. The van der Waals surface area contributed by atoms with Gasteiger partial charge in [0, 0.05) is 24.0 Å². The normalized spacial score (nSPS) is 16.4. The first kappa shape index (κ1) is 17.3. The van der Waals surface area contributed by atoms with E-state index in [-0.39, 0.29) is 17.5 Å². The number of carbonyl (C=O) groups excluding carboxylic acids is 1. The van der Waals surface area contributed by atoms with E-state index in [1.165, 1.54) is 12.5 Å². The topological polar surface area (TPSA) is 91.0 Å². The summed E-state index contributed by atoms with van der Waals surface area (Å²) in [6.45, 7) is 4.17. The molecule has 2 aromatic heterocycles. The van der Waals surface area contributed by atoms with Crippen molar-refractivity contribution in [3.05, 3.63) is 46.6 Å². The van der Waals surface area contributed by atoms with Gasteiger partial charge in [-0.15, -0.1) is 0 Å². The van der Waals surface area contributed by atoms with Gasteiger partial charge in [0.1, 0.15) is 5.82 Å². The summed E-state index contributed by atoms with van der Waals surface area (Å²) in [5.74, 6) is 0.434. The van der Waals surface area contributed by atoms with Crippen LogP contribution in [0.15, 0.2) is 35.4 Å². The summed E-state index contributed by atoms with van der Waals surface area (Å²) in [7, 11) is 0. The van der Waals surface area contributed by atoms with Crippen LogP contribution in [0.4, 0.5) is 0 Å². The van der Waals surface area contributed by atoms with Crippen LogP contribution in [0.25, 0.3) is 11.4 Å². The number of nitrogens with one attached hydrogen (secondary N) is 2. The fourth-order valence-corrected chi connectivity index (χ4v) is 3.03. The minimum atomic E-state index is -0.333. The Hall–Kier alpha value is -2.54. The molecule has 1 fully saturated rings. The van der Waals surface area contributed by atoms with Gasteiger partial charge in [-0.25, -0.2) is 4.98 Å². The van der Waals surface area contributed by atoms with Crippen molar-refractivity contribution in [3.63, 3.8) is 0 Å². The number of aromatic nitrogens is 3. The van der Waals surface area contributed by atoms with Crippen molar-refractivity contribution in [2.75, 3.05) is 19.6 Å². The van der Waals surface area contributed by atoms with E-state index in [2.05, 4.69) is 25.2 Å². The lowest BCUT2D eigenvalue weighted by Crippen LogP contribution is -2.40. The van der Waals surface area contributed by atoms with Gasteiger partial charge in [-0.05, 0) is 45.0 Å². The second kappa shape index (κ2) is 8.02. The number of aromatic amines is 1. The van der Waals surface area contributed by atoms with Gasteiger partial charge in [0.25, 0.3) is 5.56 Å². The van der Waals surface area contributed by atoms with Gasteiger partial charge >= 0.3 is 0 Å². The predicted molar refractivity (Wildman–Crippen MR) is 94.9 cm³/mol. The largest absolute Gasteiger partial charge is 0.347 e. The monoisotopic (exact) mass is 341 g/mol. The molecule has 1 saturated heterocycles. The summed E-state index contributed by atoms with van der Waals surface area (Å²) >= 11 is 0. The van der Waals surface area contributed by atoms with E-state index >= 15 is 0 Å². The number of pyridine rings is 1. The van der Waals surface area contributed by atoms with Crippen molar-refractivity contribution >= 4 is 5.91 Å². The molecule has 25 heavy (non-hydrogen) atoms. The second-order valence-electron chi connectivity index (χ2n) is 6.38. The second-order valence-corrected chi connectivity index (χ2v) is 6.38. The van der Waals surface area contributed by atoms with Crippen LogP contribution in [0.2, 0.25) is 0 Å². The average Bonchev–Trinajstić information content (AvgIpc) is 2.62. The fourth-order valence-electron chi connectivity index (χ4n) is 3.03. The lowest BCUT2D eigenvalue weighted by molar-refractivity contribution is -0.123. The molecule has 7 heteroatoms. The molecule has 1 atom stereocenters. The number of likely N-dealkylation sites (tertiary alicyclic amines) is 1. The smallest absolute Gasteiger partial charge is 0.251 e. The Bertz CT molecular complexity index is 769. The molecular weight excluding hydrogens is 318 g/mol. The molecule has 7 nitrogen and oxygen atoms in total. The van der Waals surface area contributed by atoms with E-state index in [0.29, 0.717) is 18.1 Å². The minimum absolute atomic E-state index is 0.0399. The first-order valence-corrected chi connectivity index (χ1v) is 8.65. The van der Waals surface area contributed by atoms with Gasteiger partial charge in [-0.2, -0.15) is 0 Å².